The molecule has 0 aliphatic carbocycles. The Labute approximate surface area is 224 Å². The van der Waals surface area contributed by atoms with Gasteiger partial charge in [0.05, 0.1) is 27.1 Å². The number of rotatable bonds is 4. The van der Waals surface area contributed by atoms with Crippen molar-refractivity contribution in [2.75, 3.05) is 0 Å². The number of benzene rings is 4. The Morgan fingerprint density at radius 3 is 2.58 bits per heavy atom. The molecule has 0 radical (unpaired) electrons. The van der Waals surface area contributed by atoms with Gasteiger partial charge in [-0.1, -0.05) is 74.5 Å². The van der Waals surface area contributed by atoms with Gasteiger partial charge in [0.2, 0.25) is 0 Å². The van der Waals surface area contributed by atoms with Crippen LogP contribution >= 0.6 is 11.3 Å². The monoisotopic (exact) mass is 511 g/mol. The second-order valence-corrected chi connectivity index (χ2v) is 10.9. The zero-order valence-electron chi connectivity index (χ0n) is 21.1. The number of phenols is 1. The highest BCUT2D eigenvalue weighted by Crippen LogP contribution is 2.40. The van der Waals surface area contributed by atoms with Gasteiger partial charge in [0.25, 0.3) is 6.33 Å². The van der Waals surface area contributed by atoms with E-state index in [2.05, 4.69) is 74.8 Å². The number of fused-ring (bicyclic) bond motifs is 4. The normalized spacial score (nSPS) is 11.8. The average molecular weight is 512 g/mol. The molecule has 0 amide bonds. The Morgan fingerprint density at radius 2 is 1.71 bits per heavy atom. The lowest BCUT2D eigenvalue weighted by Gasteiger charge is -2.07. The second-order valence-electron chi connectivity index (χ2n) is 9.85. The van der Waals surface area contributed by atoms with Gasteiger partial charge in [-0.05, 0) is 53.4 Å². The first kappa shape index (κ1) is 22.7. The Morgan fingerprint density at radius 1 is 0.868 bits per heavy atom. The minimum atomic E-state index is 0.215. The highest BCUT2D eigenvalue weighted by Gasteiger charge is 2.16. The van der Waals surface area contributed by atoms with E-state index in [1.54, 1.807) is 6.07 Å². The number of pyridine rings is 1. The van der Waals surface area contributed by atoms with Crippen molar-refractivity contribution < 1.29 is 9.67 Å². The molecule has 0 bridgehead atoms. The third-order valence-corrected chi connectivity index (χ3v) is 8.32. The molecule has 0 unspecified atom stereocenters. The van der Waals surface area contributed by atoms with E-state index in [1.165, 1.54) is 25.7 Å². The molecule has 0 saturated carbocycles. The summed E-state index contributed by atoms with van der Waals surface area (Å²) >= 11 is 1.81. The van der Waals surface area contributed by atoms with E-state index in [0.717, 1.165) is 28.0 Å². The molecular formula is C33H25N3OS. The maximum atomic E-state index is 10.5. The molecule has 0 saturated heterocycles. The third-order valence-electron chi connectivity index (χ3n) is 7.14. The lowest BCUT2D eigenvalue weighted by atomic mass is 10.0. The van der Waals surface area contributed by atoms with E-state index >= 15 is 0 Å². The van der Waals surface area contributed by atoms with Crippen LogP contribution in [0.1, 0.15) is 25.3 Å². The van der Waals surface area contributed by atoms with Crippen LogP contribution in [0.4, 0.5) is 0 Å². The predicted octanol–water partition coefficient (Wildman–Crippen LogP) is 7.97. The van der Waals surface area contributed by atoms with Crippen LogP contribution in [0.15, 0.2) is 103 Å². The molecular weight excluding hydrogens is 486 g/mol. The summed E-state index contributed by atoms with van der Waals surface area (Å²) in [5, 5.41) is 13.1. The summed E-state index contributed by atoms with van der Waals surface area (Å²) < 4.78 is 6.45. The van der Waals surface area contributed by atoms with Gasteiger partial charge in [-0.2, -0.15) is 0 Å². The largest absolute Gasteiger partial charge is 0.511 e. The maximum Gasteiger partial charge on any atom is 0.269 e. The van der Waals surface area contributed by atoms with Crippen LogP contribution in [-0.4, -0.2) is 14.7 Å². The molecule has 184 valence electrons. The summed E-state index contributed by atoms with van der Waals surface area (Å²) in [6.07, 6.45) is 5.39. The predicted molar refractivity (Wildman–Crippen MR) is 156 cm³/mol. The average Bonchev–Trinajstić information content (AvgIpc) is 3.52. The minimum Gasteiger partial charge on any atom is -0.511 e. The smallest absolute Gasteiger partial charge is 0.269 e. The number of thiophene rings is 1. The van der Waals surface area contributed by atoms with Crippen molar-refractivity contribution in [1.29, 1.82) is 0 Å². The Balaban J connectivity index is 1.40. The molecule has 0 fully saturated rings. The van der Waals surface area contributed by atoms with Crippen molar-refractivity contribution in [1.82, 2.24) is 9.55 Å². The van der Waals surface area contributed by atoms with Crippen LogP contribution in [-0.2, 0) is 0 Å². The Hall–Kier alpha value is -4.48. The van der Waals surface area contributed by atoms with Crippen LogP contribution in [0, 0.1) is 6.33 Å². The molecule has 7 aromatic rings. The minimum absolute atomic E-state index is 0.215. The molecule has 38 heavy (non-hydrogen) atoms. The zero-order valence-corrected chi connectivity index (χ0v) is 21.9. The van der Waals surface area contributed by atoms with Gasteiger partial charge in [0.15, 0.2) is 0 Å². The highest BCUT2D eigenvalue weighted by molar-refractivity contribution is 7.26. The van der Waals surface area contributed by atoms with E-state index in [0.29, 0.717) is 11.6 Å². The van der Waals surface area contributed by atoms with Crippen LogP contribution < -0.4 is 4.57 Å². The van der Waals surface area contributed by atoms with E-state index in [9.17, 15) is 5.11 Å². The summed E-state index contributed by atoms with van der Waals surface area (Å²) in [5.41, 5.74) is 7.04. The van der Waals surface area contributed by atoms with Crippen molar-refractivity contribution >= 4 is 42.5 Å². The van der Waals surface area contributed by atoms with E-state index < -0.39 is 0 Å². The molecule has 0 atom stereocenters. The fourth-order valence-electron chi connectivity index (χ4n) is 5.16. The van der Waals surface area contributed by atoms with Crippen molar-refractivity contribution in [2.24, 2.45) is 0 Å². The second kappa shape index (κ2) is 8.82. The van der Waals surface area contributed by atoms with Gasteiger partial charge in [-0.15, -0.1) is 11.3 Å². The maximum absolute atomic E-state index is 10.5. The van der Waals surface area contributed by atoms with Crippen LogP contribution in [0.25, 0.3) is 53.8 Å². The zero-order chi connectivity index (χ0) is 25.8. The molecule has 7 rings (SSSR count). The Bertz CT molecular complexity index is 1980. The topological polar surface area (TPSA) is 41.9 Å². The fraction of sp³-hybridized carbons (Fsp3) is 0.0909. The quantitative estimate of drug-likeness (QED) is 0.192. The molecule has 1 N–H and O–H groups in total. The Kier molecular flexibility index (Phi) is 5.27. The number of para-hydroxylation sites is 4. The van der Waals surface area contributed by atoms with Gasteiger partial charge in [-0.25, -0.2) is 0 Å². The first-order valence-corrected chi connectivity index (χ1v) is 13.6. The van der Waals surface area contributed by atoms with Gasteiger partial charge < -0.3 is 5.11 Å². The van der Waals surface area contributed by atoms with E-state index in [-0.39, 0.29) is 5.75 Å². The molecule has 3 aromatic heterocycles. The summed E-state index contributed by atoms with van der Waals surface area (Å²) in [4.78, 5) is 4.84. The van der Waals surface area contributed by atoms with Gasteiger partial charge >= 0.3 is 0 Å². The summed E-state index contributed by atoms with van der Waals surface area (Å²) in [6, 6.07) is 32.9. The number of hydrogen-bond acceptors (Lipinski definition) is 3. The van der Waals surface area contributed by atoms with Crippen molar-refractivity contribution in [3.63, 3.8) is 0 Å². The van der Waals surface area contributed by atoms with E-state index in [4.69, 9.17) is 4.98 Å². The first-order valence-electron chi connectivity index (χ1n) is 12.7. The number of aromatic nitrogens is 3. The molecule has 4 nitrogen and oxygen atoms in total. The summed E-state index contributed by atoms with van der Waals surface area (Å²) in [6.45, 7) is 4.47. The lowest BCUT2D eigenvalue weighted by Crippen LogP contribution is -2.29. The number of aromatic hydroxyl groups is 1. The van der Waals surface area contributed by atoms with Crippen LogP contribution in [0.2, 0.25) is 0 Å². The van der Waals surface area contributed by atoms with Crippen LogP contribution in [0.5, 0.6) is 5.75 Å². The van der Waals surface area contributed by atoms with Crippen molar-refractivity contribution in [3.05, 3.63) is 115 Å². The molecule has 4 aromatic carbocycles. The fourth-order valence-corrected chi connectivity index (χ4v) is 6.42. The van der Waals surface area contributed by atoms with Gasteiger partial charge in [-0.3, -0.25) is 14.1 Å². The molecule has 0 aliphatic heterocycles. The van der Waals surface area contributed by atoms with Crippen molar-refractivity contribution in [3.8, 4) is 28.4 Å². The summed E-state index contributed by atoms with van der Waals surface area (Å²) in [7, 11) is 0. The number of phenolic OH excluding ortho intramolecular Hbond substituents is 1. The van der Waals surface area contributed by atoms with Gasteiger partial charge in [0, 0.05) is 21.7 Å². The van der Waals surface area contributed by atoms with Gasteiger partial charge in [0.1, 0.15) is 11.4 Å². The molecule has 5 heteroatoms. The lowest BCUT2D eigenvalue weighted by molar-refractivity contribution is -0.572. The molecule has 0 spiro atoms. The number of nitrogens with zero attached hydrogens (tertiary/aromatic N) is 3. The number of imidazole rings is 1. The molecule has 3 heterocycles. The van der Waals surface area contributed by atoms with Crippen molar-refractivity contribution in [2.45, 2.75) is 19.8 Å². The standard InChI is InChI=1S/C33H25N3OS/c1-21(2)22-14-15-25-26-16-17-34-32(33(26)38-31(25)19-22)23-8-7-9-24(18-23)35-20-36(28-11-4-3-10-27(28)35)29-12-5-6-13-30(29)37/h3-19,21,37H,1-2H3. The molecule has 0 aliphatic rings. The SMILES string of the molecule is CC(C)c1ccc2c(c1)sc1c(-c3cccc(-[n+]4[c-]n(-c5ccccc5O)c5ccccc54)c3)nccc12. The number of hydrogen-bond donors (Lipinski definition) is 1. The highest BCUT2D eigenvalue weighted by atomic mass is 32.1. The third kappa shape index (κ3) is 3.58. The van der Waals surface area contributed by atoms with E-state index in [1.807, 2.05) is 63.1 Å². The first-order chi connectivity index (χ1) is 18.6. The van der Waals surface area contributed by atoms with Crippen LogP contribution in [0.3, 0.4) is 0 Å². The summed E-state index contributed by atoms with van der Waals surface area (Å²) in [5.74, 6) is 0.707.